The molecule has 0 spiro atoms. The standard InChI is InChI=1S/C27H39N5O5S/c1-19-15-23(36-4)16-20(2)26(19)38(34,35)32(22-5-6-22)17-25-28-24(18-37-25)27(33)31-13-11-30(12-14-31)21-7-9-29(3)10-8-21/h15-16,18,21-22H,5-14,17H2,1-4H3. The van der Waals surface area contributed by atoms with Crippen molar-refractivity contribution in [2.45, 2.75) is 63.1 Å². The van der Waals surface area contributed by atoms with Gasteiger partial charge in [-0.3, -0.25) is 9.69 Å². The molecule has 38 heavy (non-hydrogen) atoms. The molecule has 0 radical (unpaired) electrons. The molecule has 1 aromatic heterocycles. The van der Waals surface area contributed by atoms with Crippen LogP contribution in [0.4, 0.5) is 0 Å². The lowest BCUT2D eigenvalue weighted by Gasteiger charge is -2.42. The molecule has 3 fully saturated rings. The molecule has 2 saturated heterocycles. The van der Waals surface area contributed by atoms with Gasteiger partial charge in [-0.15, -0.1) is 0 Å². The van der Waals surface area contributed by atoms with E-state index in [1.807, 2.05) is 4.90 Å². The zero-order valence-corrected chi connectivity index (χ0v) is 23.7. The molecule has 1 aliphatic carbocycles. The number of aromatic nitrogens is 1. The Morgan fingerprint density at radius 2 is 1.68 bits per heavy atom. The van der Waals surface area contributed by atoms with Crippen molar-refractivity contribution < 1.29 is 22.4 Å². The third kappa shape index (κ3) is 5.61. The Kier molecular flexibility index (Phi) is 7.82. The van der Waals surface area contributed by atoms with Gasteiger partial charge in [-0.25, -0.2) is 13.4 Å². The summed E-state index contributed by atoms with van der Waals surface area (Å²) < 4.78 is 39.9. The van der Waals surface area contributed by atoms with Crippen LogP contribution in [0.3, 0.4) is 0 Å². The molecule has 3 heterocycles. The minimum absolute atomic E-state index is 0.00487. The van der Waals surface area contributed by atoms with E-state index < -0.39 is 10.0 Å². The fourth-order valence-electron chi connectivity index (χ4n) is 5.75. The average molecular weight is 546 g/mol. The van der Waals surface area contributed by atoms with E-state index >= 15 is 0 Å². The van der Waals surface area contributed by atoms with E-state index in [1.54, 1.807) is 33.1 Å². The molecule has 2 aliphatic heterocycles. The lowest BCUT2D eigenvalue weighted by atomic mass is 10.0. The molecule has 1 saturated carbocycles. The van der Waals surface area contributed by atoms with Crippen LogP contribution in [-0.4, -0.2) is 104 Å². The van der Waals surface area contributed by atoms with E-state index in [1.165, 1.54) is 23.4 Å². The van der Waals surface area contributed by atoms with Gasteiger partial charge in [0.25, 0.3) is 5.91 Å². The zero-order chi connectivity index (χ0) is 27.0. The number of sulfonamides is 1. The van der Waals surface area contributed by atoms with Gasteiger partial charge in [0, 0.05) is 38.3 Å². The largest absolute Gasteiger partial charge is 0.497 e. The minimum Gasteiger partial charge on any atom is -0.497 e. The second-order valence-electron chi connectivity index (χ2n) is 10.9. The summed E-state index contributed by atoms with van der Waals surface area (Å²) in [4.78, 5) is 24.6. The van der Waals surface area contributed by atoms with Gasteiger partial charge >= 0.3 is 0 Å². The Labute approximate surface area is 225 Å². The van der Waals surface area contributed by atoms with Crippen LogP contribution in [-0.2, 0) is 16.6 Å². The number of oxazole rings is 1. The van der Waals surface area contributed by atoms with Crippen molar-refractivity contribution >= 4 is 15.9 Å². The number of piperidine rings is 1. The minimum atomic E-state index is -3.80. The molecule has 3 aliphatic rings. The van der Waals surface area contributed by atoms with Crippen LogP contribution in [0, 0.1) is 13.8 Å². The number of carbonyl (C=O) groups is 1. The lowest BCUT2D eigenvalue weighted by Crippen LogP contribution is -2.54. The summed E-state index contributed by atoms with van der Waals surface area (Å²) in [5.74, 6) is 0.697. The van der Waals surface area contributed by atoms with E-state index in [4.69, 9.17) is 9.15 Å². The molecule has 0 bridgehead atoms. The topological polar surface area (TPSA) is 99.4 Å². The number of likely N-dealkylation sites (tertiary alicyclic amines) is 1. The van der Waals surface area contributed by atoms with Gasteiger partial charge in [-0.1, -0.05) is 0 Å². The van der Waals surface area contributed by atoms with Gasteiger partial charge in [0.2, 0.25) is 15.9 Å². The highest BCUT2D eigenvalue weighted by atomic mass is 32.2. The fraction of sp³-hybridized carbons (Fsp3) is 0.630. The van der Waals surface area contributed by atoms with Crippen LogP contribution in [0.25, 0.3) is 0 Å². The molecule has 208 valence electrons. The maximum atomic E-state index is 13.8. The highest BCUT2D eigenvalue weighted by Crippen LogP contribution is 2.36. The molecule has 11 heteroatoms. The number of amides is 1. The number of hydrogen-bond donors (Lipinski definition) is 0. The zero-order valence-electron chi connectivity index (χ0n) is 22.9. The van der Waals surface area contributed by atoms with Crippen LogP contribution in [0.15, 0.2) is 27.7 Å². The van der Waals surface area contributed by atoms with Crippen molar-refractivity contribution in [3.8, 4) is 5.75 Å². The Hall–Kier alpha value is -2.47. The van der Waals surface area contributed by atoms with Crippen LogP contribution in [0.1, 0.15) is 53.2 Å². The Morgan fingerprint density at radius 3 is 2.26 bits per heavy atom. The van der Waals surface area contributed by atoms with Crippen molar-refractivity contribution in [2.24, 2.45) is 0 Å². The smallest absolute Gasteiger partial charge is 0.275 e. The quantitative estimate of drug-likeness (QED) is 0.499. The molecule has 0 N–H and O–H groups in total. The predicted molar refractivity (Wildman–Crippen MR) is 143 cm³/mol. The highest BCUT2D eigenvalue weighted by Gasteiger charge is 2.40. The van der Waals surface area contributed by atoms with Crippen molar-refractivity contribution in [3.05, 3.63) is 41.1 Å². The van der Waals surface area contributed by atoms with Gasteiger partial charge in [0.1, 0.15) is 12.0 Å². The molecule has 10 nitrogen and oxygen atoms in total. The number of aryl methyl sites for hydroxylation is 2. The van der Waals surface area contributed by atoms with Crippen LogP contribution in [0.5, 0.6) is 5.75 Å². The second-order valence-corrected chi connectivity index (χ2v) is 12.7. The average Bonchev–Trinajstić information content (AvgIpc) is 3.63. The van der Waals surface area contributed by atoms with Gasteiger partial charge in [0.15, 0.2) is 5.69 Å². The van der Waals surface area contributed by atoms with Crippen molar-refractivity contribution in [1.29, 1.82) is 0 Å². The summed E-state index contributed by atoms with van der Waals surface area (Å²) in [6, 6.07) is 3.97. The SMILES string of the molecule is COc1cc(C)c(S(=O)(=O)N(Cc2nc(C(=O)N3CCN(C4CCN(C)CC4)CC3)co2)C2CC2)c(C)c1. The summed E-state index contributed by atoms with van der Waals surface area (Å²) >= 11 is 0. The van der Waals surface area contributed by atoms with E-state index in [0.717, 1.165) is 39.0 Å². The van der Waals surface area contributed by atoms with Crippen LogP contribution < -0.4 is 4.74 Å². The number of benzene rings is 1. The summed E-state index contributed by atoms with van der Waals surface area (Å²) in [7, 11) is -0.0688. The number of methoxy groups -OCH3 is 1. The molecule has 5 rings (SSSR count). The first-order chi connectivity index (χ1) is 18.2. The Bertz CT molecular complexity index is 1240. The van der Waals surface area contributed by atoms with Gasteiger partial charge in [0.05, 0.1) is 18.6 Å². The molecule has 1 amide bonds. The first-order valence-electron chi connectivity index (χ1n) is 13.5. The van der Waals surface area contributed by atoms with Gasteiger partial charge in [-0.05, 0) is 82.9 Å². The number of hydrogen-bond acceptors (Lipinski definition) is 8. The van der Waals surface area contributed by atoms with Gasteiger partial charge in [-0.2, -0.15) is 4.31 Å². The number of nitrogens with zero attached hydrogens (tertiary/aromatic N) is 5. The summed E-state index contributed by atoms with van der Waals surface area (Å²) in [5.41, 5.74) is 1.50. The lowest BCUT2D eigenvalue weighted by molar-refractivity contribution is 0.0470. The molecular formula is C27H39N5O5S. The maximum absolute atomic E-state index is 13.8. The highest BCUT2D eigenvalue weighted by molar-refractivity contribution is 7.89. The molecule has 1 aromatic carbocycles. The Morgan fingerprint density at radius 1 is 1.05 bits per heavy atom. The van der Waals surface area contributed by atoms with Crippen molar-refractivity contribution in [1.82, 2.24) is 24.0 Å². The van der Waals surface area contributed by atoms with E-state index in [-0.39, 0.29) is 35.0 Å². The first kappa shape index (κ1) is 27.1. The summed E-state index contributed by atoms with van der Waals surface area (Å²) in [6.45, 7) is 8.84. The predicted octanol–water partition coefficient (Wildman–Crippen LogP) is 2.51. The molecule has 0 unspecified atom stereocenters. The van der Waals surface area contributed by atoms with E-state index in [9.17, 15) is 13.2 Å². The third-order valence-electron chi connectivity index (χ3n) is 8.06. The van der Waals surface area contributed by atoms with Crippen molar-refractivity contribution in [2.75, 3.05) is 53.4 Å². The van der Waals surface area contributed by atoms with Crippen molar-refractivity contribution in [3.63, 3.8) is 0 Å². The molecule has 2 aromatic rings. The van der Waals surface area contributed by atoms with E-state index in [0.29, 0.717) is 36.0 Å². The summed E-state index contributed by atoms with van der Waals surface area (Å²) in [5, 5.41) is 0. The number of ether oxygens (including phenoxy) is 1. The van der Waals surface area contributed by atoms with Crippen LogP contribution >= 0.6 is 0 Å². The third-order valence-corrected chi connectivity index (χ3v) is 10.3. The normalized spacial score (nSPS) is 20.3. The maximum Gasteiger partial charge on any atom is 0.275 e. The monoisotopic (exact) mass is 545 g/mol. The number of piperazine rings is 1. The first-order valence-corrected chi connectivity index (χ1v) is 14.9. The van der Waals surface area contributed by atoms with Crippen LogP contribution in [0.2, 0.25) is 0 Å². The number of carbonyl (C=O) groups excluding carboxylic acids is 1. The van der Waals surface area contributed by atoms with E-state index in [2.05, 4.69) is 21.8 Å². The second kappa shape index (κ2) is 11.0. The Balaban J connectivity index is 1.25. The fourth-order valence-corrected chi connectivity index (χ4v) is 7.80. The molecular weight excluding hydrogens is 506 g/mol. The molecule has 0 atom stereocenters. The van der Waals surface area contributed by atoms with Gasteiger partial charge < -0.3 is 19.0 Å². The summed E-state index contributed by atoms with van der Waals surface area (Å²) in [6.07, 6.45) is 5.30. The number of rotatable bonds is 8.